The number of nitrogens with one attached hydrogen (secondary N) is 1. The van der Waals surface area contributed by atoms with E-state index in [1.807, 2.05) is 0 Å². The smallest absolute Gasteiger partial charge is 0.243 e. The third-order valence-electron chi connectivity index (χ3n) is 2.16. The molecule has 9 heteroatoms. The summed E-state index contributed by atoms with van der Waals surface area (Å²) < 4.78 is 39.8. The van der Waals surface area contributed by atoms with Gasteiger partial charge in [0.1, 0.15) is 10.7 Å². The summed E-state index contributed by atoms with van der Waals surface area (Å²) in [5.74, 6) is -0.862. The first-order valence-electron chi connectivity index (χ1n) is 5.14. The van der Waals surface area contributed by atoms with Gasteiger partial charge in [-0.25, -0.2) is 17.5 Å². The highest BCUT2D eigenvalue weighted by molar-refractivity contribution is 9.10. The van der Waals surface area contributed by atoms with Crippen molar-refractivity contribution < 1.29 is 12.8 Å². The molecule has 3 N–H and O–H groups in total. The van der Waals surface area contributed by atoms with Crippen molar-refractivity contribution in [1.82, 2.24) is 4.72 Å². The van der Waals surface area contributed by atoms with Crippen LogP contribution in [0.1, 0.15) is 13.3 Å². The van der Waals surface area contributed by atoms with Crippen molar-refractivity contribution in [3.63, 3.8) is 0 Å². The van der Waals surface area contributed by atoms with E-state index >= 15 is 0 Å². The molecule has 0 amide bonds. The van der Waals surface area contributed by atoms with Gasteiger partial charge in [0, 0.05) is 17.1 Å². The van der Waals surface area contributed by atoms with E-state index in [4.69, 9.17) is 17.3 Å². The van der Waals surface area contributed by atoms with Crippen molar-refractivity contribution in [2.24, 2.45) is 5.73 Å². The molecule has 0 saturated carbocycles. The van der Waals surface area contributed by atoms with E-state index < -0.39 is 20.7 Å². The molecule has 1 unspecified atom stereocenters. The summed E-state index contributed by atoms with van der Waals surface area (Å²) in [6.45, 7) is 1.90. The molecule has 0 aliphatic heterocycles. The van der Waals surface area contributed by atoms with Crippen LogP contribution in [0.4, 0.5) is 4.39 Å². The molecule has 1 rings (SSSR count). The fourth-order valence-corrected chi connectivity index (χ4v) is 2.88. The van der Waals surface area contributed by atoms with Crippen molar-refractivity contribution in [2.45, 2.75) is 24.3 Å². The average molecular weight is 396 g/mol. The number of sulfonamides is 1. The first-order chi connectivity index (χ1) is 8.24. The van der Waals surface area contributed by atoms with Crippen LogP contribution in [0.5, 0.6) is 0 Å². The topological polar surface area (TPSA) is 72.2 Å². The molecule has 0 aliphatic carbocycles. The minimum atomic E-state index is -3.91. The summed E-state index contributed by atoms with van der Waals surface area (Å²) in [6.07, 6.45) is 0.463. The Kier molecular flexibility index (Phi) is 7.79. The first kappa shape index (κ1) is 19.1. The van der Waals surface area contributed by atoms with Gasteiger partial charge < -0.3 is 5.73 Å². The van der Waals surface area contributed by atoms with Gasteiger partial charge in [-0.15, -0.1) is 12.4 Å². The third kappa shape index (κ3) is 5.53. The molecule has 0 heterocycles. The Morgan fingerprint density at radius 3 is 2.63 bits per heavy atom. The highest BCUT2D eigenvalue weighted by Crippen LogP contribution is 2.27. The van der Waals surface area contributed by atoms with Gasteiger partial charge in [-0.05, 0) is 41.4 Å². The molecule has 0 fully saturated rings. The number of hydrogen-bond acceptors (Lipinski definition) is 3. The molecule has 0 saturated heterocycles. The summed E-state index contributed by atoms with van der Waals surface area (Å²) in [5.41, 5.74) is 5.50. The lowest BCUT2D eigenvalue weighted by atomic mass is 10.3. The van der Waals surface area contributed by atoms with Crippen LogP contribution < -0.4 is 10.5 Å². The van der Waals surface area contributed by atoms with E-state index in [9.17, 15) is 12.8 Å². The SMILES string of the molecule is CC(N)CCNS(=O)(=O)c1cc(Cl)c(Br)cc1F.Cl. The van der Waals surface area contributed by atoms with Crippen molar-refractivity contribution in [3.8, 4) is 0 Å². The van der Waals surface area contributed by atoms with Crippen LogP contribution in [-0.2, 0) is 10.0 Å². The Morgan fingerprint density at radius 1 is 1.53 bits per heavy atom. The molecular weight excluding hydrogens is 382 g/mol. The molecule has 4 nitrogen and oxygen atoms in total. The normalized spacial score (nSPS) is 12.9. The Labute approximate surface area is 131 Å². The average Bonchev–Trinajstić information content (AvgIpc) is 2.22. The minimum absolute atomic E-state index is 0. The van der Waals surface area contributed by atoms with Crippen LogP contribution in [0.3, 0.4) is 0 Å². The largest absolute Gasteiger partial charge is 0.328 e. The van der Waals surface area contributed by atoms with Gasteiger partial charge >= 0.3 is 0 Å². The van der Waals surface area contributed by atoms with Crippen LogP contribution in [-0.4, -0.2) is 21.0 Å². The zero-order valence-corrected chi connectivity index (χ0v) is 14.0. The Bertz CT molecular complexity index is 541. The minimum Gasteiger partial charge on any atom is -0.328 e. The molecule has 0 radical (unpaired) electrons. The van der Waals surface area contributed by atoms with Crippen molar-refractivity contribution in [2.75, 3.05) is 6.54 Å². The lowest BCUT2D eigenvalue weighted by Crippen LogP contribution is -2.29. The molecule has 19 heavy (non-hydrogen) atoms. The summed E-state index contributed by atoms with van der Waals surface area (Å²) in [5, 5.41) is 0.129. The maximum atomic E-state index is 13.6. The highest BCUT2D eigenvalue weighted by atomic mass is 79.9. The van der Waals surface area contributed by atoms with Crippen molar-refractivity contribution >= 4 is 50.0 Å². The Balaban J connectivity index is 0.00000324. The van der Waals surface area contributed by atoms with E-state index in [0.717, 1.165) is 12.1 Å². The Morgan fingerprint density at radius 2 is 2.11 bits per heavy atom. The number of hydrogen-bond donors (Lipinski definition) is 2. The highest BCUT2D eigenvalue weighted by Gasteiger charge is 2.20. The summed E-state index contributed by atoms with van der Waals surface area (Å²) in [7, 11) is -3.91. The zero-order chi connectivity index (χ0) is 13.9. The number of nitrogens with two attached hydrogens (primary N) is 1. The molecule has 110 valence electrons. The lowest BCUT2D eigenvalue weighted by Gasteiger charge is -2.10. The molecule has 1 atom stereocenters. The van der Waals surface area contributed by atoms with E-state index in [1.54, 1.807) is 6.92 Å². The van der Waals surface area contributed by atoms with Gasteiger partial charge in [0.25, 0.3) is 0 Å². The Hall–Kier alpha value is 0.0800. The van der Waals surface area contributed by atoms with E-state index in [2.05, 4.69) is 20.7 Å². The van der Waals surface area contributed by atoms with Crippen LogP contribution in [0.2, 0.25) is 5.02 Å². The van der Waals surface area contributed by atoms with Gasteiger partial charge in [-0.2, -0.15) is 0 Å². The maximum absolute atomic E-state index is 13.6. The van der Waals surface area contributed by atoms with E-state index in [0.29, 0.717) is 10.9 Å². The van der Waals surface area contributed by atoms with Crippen LogP contribution >= 0.6 is 39.9 Å². The standard InChI is InChI=1S/C10H13BrClFN2O2S.ClH/c1-6(14)2-3-15-18(16,17)10-5-8(12)7(11)4-9(10)13;/h4-6,15H,2-3,14H2,1H3;1H. The fraction of sp³-hybridized carbons (Fsp3) is 0.400. The van der Waals surface area contributed by atoms with Gasteiger partial charge in [0.05, 0.1) is 5.02 Å². The van der Waals surface area contributed by atoms with E-state index in [-0.39, 0.29) is 30.0 Å². The second kappa shape index (κ2) is 7.75. The molecular formula is C10H14BrCl2FN2O2S. The lowest BCUT2D eigenvalue weighted by molar-refractivity contribution is 0.551. The van der Waals surface area contributed by atoms with Crippen LogP contribution in [0.15, 0.2) is 21.5 Å². The van der Waals surface area contributed by atoms with Crippen molar-refractivity contribution in [1.29, 1.82) is 0 Å². The predicted molar refractivity (Wildman–Crippen MR) is 79.8 cm³/mol. The van der Waals surface area contributed by atoms with Gasteiger partial charge in [0.2, 0.25) is 10.0 Å². The van der Waals surface area contributed by atoms with Crippen LogP contribution in [0.25, 0.3) is 0 Å². The first-order valence-corrected chi connectivity index (χ1v) is 7.79. The molecule has 1 aromatic rings. The number of rotatable bonds is 5. The second-order valence-electron chi connectivity index (χ2n) is 3.86. The quantitative estimate of drug-likeness (QED) is 0.752. The van der Waals surface area contributed by atoms with Crippen LogP contribution in [0, 0.1) is 5.82 Å². The van der Waals surface area contributed by atoms with Gasteiger partial charge in [-0.1, -0.05) is 11.6 Å². The van der Waals surface area contributed by atoms with Crippen molar-refractivity contribution in [3.05, 3.63) is 27.4 Å². The fourth-order valence-electron chi connectivity index (χ4n) is 1.21. The second-order valence-corrected chi connectivity index (χ2v) is 6.86. The third-order valence-corrected chi connectivity index (χ3v) is 4.83. The van der Waals surface area contributed by atoms with E-state index in [1.165, 1.54) is 0 Å². The molecule has 0 aliphatic rings. The zero-order valence-electron chi connectivity index (χ0n) is 9.99. The molecule has 0 spiro atoms. The maximum Gasteiger partial charge on any atom is 0.243 e. The van der Waals surface area contributed by atoms with Gasteiger partial charge in [-0.3, -0.25) is 0 Å². The number of halogens is 4. The monoisotopic (exact) mass is 394 g/mol. The molecule has 0 aromatic heterocycles. The van der Waals surface area contributed by atoms with Gasteiger partial charge in [0.15, 0.2) is 0 Å². The number of benzene rings is 1. The molecule has 0 bridgehead atoms. The predicted octanol–water partition coefficient (Wildman–Crippen LogP) is 2.68. The molecule has 1 aromatic carbocycles. The summed E-state index contributed by atoms with van der Waals surface area (Å²) in [6, 6.07) is 1.95. The summed E-state index contributed by atoms with van der Waals surface area (Å²) >= 11 is 8.77. The summed E-state index contributed by atoms with van der Waals surface area (Å²) in [4.78, 5) is -0.472.